The molecule has 2 heterocycles. The number of aromatic amines is 1. The first-order valence-electron chi connectivity index (χ1n) is 4.31. The number of rotatable bonds is 0. The number of fused-ring (bicyclic) bond motifs is 2. The Kier molecular flexibility index (Phi) is 1.61. The Morgan fingerprint density at radius 3 is 3.07 bits per heavy atom. The van der Waals surface area contributed by atoms with Gasteiger partial charge in [0.1, 0.15) is 11.0 Å². The Morgan fingerprint density at radius 1 is 1.33 bits per heavy atom. The molecule has 1 aromatic carbocycles. The molecule has 15 heavy (non-hydrogen) atoms. The molecule has 0 spiro atoms. The predicted molar refractivity (Wildman–Crippen MR) is 57.1 cm³/mol. The molecule has 3 rings (SSSR count). The maximum Gasteiger partial charge on any atom is 0.226 e. The van der Waals surface area contributed by atoms with Gasteiger partial charge >= 0.3 is 0 Å². The summed E-state index contributed by atoms with van der Waals surface area (Å²) in [6.45, 7) is 0. The van der Waals surface area contributed by atoms with Crippen molar-refractivity contribution in [3.8, 4) is 0 Å². The monoisotopic (exact) mass is 220 g/mol. The molecular weight excluding hydrogens is 216 g/mol. The van der Waals surface area contributed by atoms with Crippen molar-refractivity contribution in [3.63, 3.8) is 0 Å². The number of nitrogens with zero attached hydrogens (tertiary/aromatic N) is 1. The van der Waals surface area contributed by atoms with Crippen LogP contribution in [0.1, 0.15) is 0 Å². The summed E-state index contributed by atoms with van der Waals surface area (Å²) in [7, 11) is 0. The number of nitrogens with one attached hydrogen (secondary N) is 1. The highest BCUT2D eigenvalue weighted by atomic mass is 35.5. The van der Waals surface area contributed by atoms with E-state index in [-0.39, 0.29) is 5.43 Å². The summed E-state index contributed by atoms with van der Waals surface area (Å²) in [5.74, 6) is 0. The van der Waals surface area contributed by atoms with Gasteiger partial charge in [0, 0.05) is 5.02 Å². The summed E-state index contributed by atoms with van der Waals surface area (Å²) in [5, 5.41) is 7.79. The number of aromatic nitrogens is 2. The fraction of sp³-hybridized carbons (Fsp3) is 0. The predicted octanol–water partition coefficient (Wildman–Crippen LogP) is 2.32. The minimum atomic E-state index is -0.123. The summed E-state index contributed by atoms with van der Waals surface area (Å²) < 4.78 is 5.45. The first-order valence-corrected chi connectivity index (χ1v) is 4.69. The van der Waals surface area contributed by atoms with Crippen molar-refractivity contribution in [2.24, 2.45) is 0 Å². The summed E-state index contributed by atoms with van der Waals surface area (Å²) in [4.78, 5) is 11.9. The quantitative estimate of drug-likeness (QED) is 0.633. The zero-order valence-corrected chi connectivity index (χ0v) is 8.21. The molecule has 2 aromatic heterocycles. The van der Waals surface area contributed by atoms with Gasteiger partial charge in [-0.15, -0.1) is 0 Å². The molecule has 0 saturated carbocycles. The molecule has 0 aliphatic rings. The normalized spacial score (nSPS) is 11.3. The fourth-order valence-electron chi connectivity index (χ4n) is 1.54. The highest BCUT2D eigenvalue weighted by Gasteiger charge is 2.08. The third-order valence-electron chi connectivity index (χ3n) is 2.25. The largest absolute Gasteiger partial charge is 0.438 e. The second kappa shape index (κ2) is 2.84. The van der Waals surface area contributed by atoms with Gasteiger partial charge in [-0.05, 0) is 18.2 Å². The van der Waals surface area contributed by atoms with Gasteiger partial charge in [0.15, 0.2) is 0 Å². The minimum absolute atomic E-state index is 0.123. The molecule has 0 radical (unpaired) electrons. The SMILES string of the molecule is O=c1c2cc(Cl)ccc2oc2[nH]ncc12. The van der Waals surface area contributed by atoms with E-state index in [0.29, 0.717) is 27.1 Å². The van der Waals surface area contributed by atoms with E-state index >= 15 is 0 Å². The Hall–Kier alpha value is -1.81. The van der Waals surface area contributed by atoms with Crippen LogP contribution in [0.4, 0.5) is 0 Å². The lowest BCUT2D eigenvalue weighted by atomic mass is 10.2. The van der Waals surface area contributed by atoms with E-state index in [9.17, 15) is 4.79 Å². The second-order valence-electron chi connectivity index (χ2n) is 3.18. The van der Waals surface area contributed by atoms with Gasteiger partial charge in [-0.3, -0.25) is 4.79 Å². The molecule has 0 unspecified atom stereocenters. The van der Waals surface area contributed by atoms with Gasteiger partial charge < -0.3 is 4.42 Å². The average Bonchev–Trinajstić information content (AvgIpc) is 2.68. The number of H-pyrrole nitrogens is 1. The molecule has 5 heteroatoms. The van der Waals surface area contributed by atoms with E-state index < -0.39 is 0 Å². The minimum Gasteiger partial charge on any atom is -0.438 e. The van der Waals surface area contributed by atoms with Gasteiger partial charge in [-0.2, -0.15) is 5.10 Å². The summed E-state index contributed by atoms with van der Waals surface area (Å²) in [6, 6.07) is 4.93. The zero-order chi connectivity index (χ0) is 10.4. The zero-order valence-electron chi connectivity index (χ0n) is 7.45. The molecule has 0 atom stereocenters. The first kappa shape index (κ1) is 8.49. The maximum absolute atomic E-state index is 11.9. The molecule has 1 N–H and O–H groups in total. The van der Waals surface area contributed by atoms with Crippen LogP contribution in [0.3, 0.4) is 0 Å². The summed E-state index contributed by atoms with van der Waals surface area (Å²) >= 11 is 5.81. The molecule has 0 aliphatic carbocycles. The Morgan fingerprint density at radius 2 is 2.20 bits per heavy atom. The van der Waals surface area contributed by atoms with Gasteiger partial charge in [0.2, 0.25) is 11.1 Å². The van der Waals surface area contributed by atoms with E-state index in [1.807, 2.05) is 0 Å². The fourth-order valence-corrected chi connectivity index (χ4v) is 1.71. The molecule has 0 amide bonds. The lowest BCUT2D eigenvalue weighted by Crippen LogP contribution is -2.00. The van der Waals surface area contributed by atoms with Crippen LogP contribution < -0.4 is 5.43 Å². The van der Waals surface area contributed by atoms with Crippen LogP contribution in [0.15, 0.2) is 33.6 Å². The number of halogens is 1. The van der Waals surface area contributed by atoms with E-state index in [1.165, 1.54) is 6.20 Å². The van der Waals surface area contributed by atoms with Crippen molar-refractivity contribution >= 4 is 33.7 Å². The van der Waals surface area contributed by atoms with Crippen molar-refractivity contribution < 1.29 is 4.42 Å². The van der Waals surface area contributed by atoms with E-state index in [2.05, 4.69) is 10.2 Å². The van der Waals surface area contributed by atoms with Gasteiger partial charge in [-0.25, -0.2) is 5.10 Å². The van der Waals surface area contributed by atoms with Gasteiger partial charge in [0.25, 0.3) is 0 Å². The van der Waals surface area contributed by atoms with Crippen LogP contribution in [0.5, 0.6) is 0 Å². The molecule has 3 aromatic rings. The number of benzene rings is 1. The topological polar surface area (TPSA) is 58.9 Å². The molecule has 0 bridgehead atoms. The van der Waals surface area contributed by atoms with Crippen LogP contribution in [-0.4, -0.2) is 10.2 Å². The second-order valence-corrected chi connectivity index (χ2v) is 3.62. The molecule has 4 nitrogen and oxygen atoms in total. The summed E-state index contributed by atoms with van der Waals surface area (Å²) in [5.41, 5.74) is 0.762. The van der Waals surface area contributed by atoms with Crippen LogP contribution in [-0.2, 0) is 0 Å². The van der Waals surface area contributed by atoms with Crippen molar-refractivity contribution in [2.45, 2.75) is 0 Å². The standard InChI is InChI=1S/C10H5ClN2O2/c11-5-1-2-8-6(3-5)9(14)7-4-12-13-10(7)15-8/h1-4H,(H,12,13). The highest BCUT2D eigenvalue weighted by molar-refractivity contribution is 6.31. The molecule has 74 valence electrons. The van der Waals surface area contributed by atoms with Crippen molar-refractivity contribution in [3.05, 3.63) is 39.6 Å². The van der Waals surface area contributed by atoms with Crippen molar-refractivity contribution in [2.75, 3.05) is 0 Å². The first-order chi connectivity index (χ1) is 7.25. The lowest BCUT2D eigenvalue weighted by Gasteiger charge is -1.96. The molecular formula is C10H5ClN2O2. The van der Waals surface area contributed by atoms with Crippen molar-refractivity contribution in [1.29, 1.82) is 0 Å². The van der Waals surface area contributed by atoms with Crippen LogP contribution >= 0.6 is 11.6 Å². The van der Waals surface area contributed by atoms with Gasteiger partial charge in [-0.1, -0.05) is 11.6 Å². The molecule has 0 aliphatic heterocycles. The van der Waals surface area contributed by atoms with Crippen LogP contribution in [0.2, 0.25) is 5.02 Å². The maximum atomic E-state index is 11.9. The molecule has 0 fully saturated rings. The van der Waals surface area contributed by atoms with Gasteiger partial charge in [0.05, 0.1) is 11.6 Å². The smallest absolute Gasteiger partial charge is 0.226 e. The molecule has 0 saturated heterocycles. The Bertz CT molecular complexity index is 714. The Balaban J connectivity index is 2.64. The van der Waals surface area contributed by atoms with E-state index in [0.717, 1.165) is 0 Å². The average molecular weight is 221 g/mol. The van der Waals surface area contributed by atoms with E-state index in [1.54, 1.807) is 18.2 Å². The third kappa shape index (κ3) is 1.15. The van der Waals surface area contributed by atoms with Crippen LogP contribution in [0, 0.1) is 0 Å². The summed E-state index contributed by atoms with van der Waals surface area (Å²) in [6.07, 6.45) is 1.45. The van der Waals surface area contributed by atoms with E-state index in [4.69, 9.17) is 16.0 Å². The number of hydrogen-bond acceptors (Lipinski definition) is 3. The lowest BCUT2D eigenvalue weighted by molar-refractivity contribution is 0.642. The highest BCUT2D eigenvalue weighted by Crippen LogP contribution is 2.19. The van der Waals surface area contributed by atoms with Crippen LogP contribution in [0.25, 0.3) is 22.1 Å². The number of hydrogen-bond donors (Lipinski definition) is 1. The Labute approximate surface area is 88.5 Å². The van der Waals surface area contributed by atoms with Crippen molar-refractivity contribution in [1.82, 2.24) is 10.2 Å². The third-order valence-corrected chi connectivity index (χ3v) is 2.48.